The second kappa shape index (κ2) is 4.56. The predicted octanol–water partition coefficient (Wildman–Crippen LogP) is 0.346. The number of aromatic hydroxyl groups is 1. The number of nitrogens with zero attached hydrogens (tertiary/aromatic N) is 1. The Labute approximate surface area is 94.1 Å². The summed E-state index contributed by atoms with van der Waals surface area (Å²) >= 11 is 1.86. The fourth-order valence-corrected chi connectivity index (χ4v) is 1.38. The number of hydrogen-bond donors (Lipinski definition) is 3. The van der Waals surface area contributed by atoms with E-state index in [1.807, 2.05) is 22.6 Å². The van der Waals surface area contributed by atoms with Crippen LogP contribution in [-0.4, -0.2) is 27.2 Å². The summed E-state index contributed by atoms with van der Waals surface area (Å²) in [6.45, 7) is 0. The lowest BCUT2D eigenvalue weighted by atomic mass is 10.1. The molecule has 0 radical (unpaired) electrons. The minimum Gasteiger partial charge on any atom is -0.505 e. The summed E-state index contributed by atoms with van der Waals surface area (Å²) in [5, 5.41) is 17.7. The molecule has 0 aliphatic carbocycles. The van der Waals surface area contributed by atoms with Crippen molar-refractivity contribution in [3.05, 3.63) is 21.5 Å². The van der Waals surface area contributed by atoms with Crippen LogP contribution in [0.5, 0.6) is 5.75 Å². The summed E-state index contributed by atoms with van der Waals surface area (Å²) in [4.78, 5) is 14.4. The Hall–Kier alpha value is -0.890. The highest BCUT2D eigenvalue weighted by atomic mass is 127. The highest BCUT2D eigenvalue weighted by Gasteiger charge is 2.13. The zero-order valence-corrected chi connectivity index (χ0v) is 9.30. The number of carbonyl (C=O) groups is 1. The molecule has 0 aliphatic heterocycles. The Bertz CT molecular complexity index is 356. The molecule has 0 bridgehead atoms. The van der Waals surface area contributed by atoms with Gasteiger partial charge in [0.25, 0.3) is 0 Å². The summed E-state index contributed by atoms with van der Waals surface area (Å²) in [6, 6.07) is 2.07. The number of nitrogens with two attached hydrogens (primary N) is 1. The summed E-state index contributed by atoms with van der Waals surface area (Å²) in [5.74, 6) is -0.979. The van der Waals surface area contributed by atoms with Gasteiger partial charge < -0.3 is 15.9 Å². The normalized spacial score (nSPS) is 12.4. The van der Waals surface area contributed by atoms with Crippen LogP contribution in [0.2, 0.25) is 0 Å². The Kier molecular flexibility index (Phi) is 3.64. The van der Waals surface area contributed by atoms with Crippen molar-refractivity contribution >= 4 is 28.6 Å². The fraction of sp³-hybridized carbons (Fsp3) is 0.250. The van der Waals surface area contributed by atoms with E-state index in [0.29, 0.717) is 9.39 Å². The number of carboxylic acid groups (broad SMARTS) is 1. The minimum atomic E-state index is -1.06. The molecule has 0 aromatic carbocycles. The second-order valence-corrected chi connectivity index (χ2v) is 3.78. The van der Waals surface area contributed by atoms with Gasteiger partial charge in [0, 0.05) is 12.1 Å². The van der Waals surface area contributed by atoms with Crippen molar-refractivity contribution in [3.63, 3.8) is 0 Å². The zero-order valence-electron chi connectivity index (χ0n) is 7.14. The van der Waals surface area contributed by atoms with Crippen molar-refractivity contribution < 1.29 is 15.0 Å². The minimum absolute atomic E-state index is 0.0817. The van der Waals surface area contributed by atoms with E-state index in [4.69, 9.17) is 15.9 Å². The van der Waals surface area contributed by atoms with Gasteiger partial charge in [-0.25, -0.2) is 4.98 Å². The van der Waals surface area contributed by atoms with E-state index in [0.717, 1.165) is 0 Å². The quantitative estimate of drug-likeness (QED) is 0.553. The van der Waals surface area contributed by atoms with Crippen molar-refractivity contribution in [1.29, 1.82) is 0 Å². The number of carboxylic acids is 1. The number of rotatable bonds is 3. The molecule has 0 unspecified atom stereocenters. The van der Waals surface area contributed by atoms with Crippen LogP contribution in [0.1, 0.15) is 5.69 Å². The van der Waals surface area contributed by atoms with E-state index >= 15 is 0 Å². The Morgan fingerprint density at radius 1 is 1.64 bits per heavy atom. The van der Waals surface area contributed by atoms with Gasteiger partial charge in [-0.2, -0.15) is 0 Å². The lowest BCUT2D eigenvalue weighted by molar-refractivity contribution is -0.138. The van der Waals surface area contributed by atoms with Gasteiger partial charge in [0.2, 0.25) is 0 Å². The van der Waals surface area contributed by atoms with Crippen LogP contribution in [0.25, 0.3) is 0 Å². The third-order valence-electron chi connectivity index (χ3n) is 1.63. The third-order valence-corrected chi connectivity index (χ3v) is 2.43. The SMILES string of the molecule is N[C@@H](Cc1ccc(O)c(I)n1)C(=O)O. The number of hydrogen-bond acceptors (Lipinski definition) is 4. The molecule has 0 amide bonds. The molecule has 1 aromatic rings. The first-order chi connectivity index (χ1) is 6.50. The highest BCUT2D eigenvalue weighted by molar-refractivity contribution is 14.1. The van der Waals surface area contributed by atoms with Gasteiger partial charge in [0.05, 0.1) is 0 Å². The van der Waals surface area contributed by atoms with E-state index in [-0.39, 0.29) is 12.2 Å². The maximum Gasteiger partial charge on any atom is 0.320 e. The first kappa shape index (κ1) is 11.2. The smallest absolute Gasteiger partial charge is 0.320 e. The van der Waals surface area contributed by atoms with Gasteiger partial charge in [0.1, 0.15) is 15.5 Å². The van der Waals surface area contributed by atoms with Gasteiger partial charge in [-0.1, -0.05) is 0 Å². The van der Waals surface area contributed by atoms with Crippen LogP contribution in [0.3, 0.4) is 0 Å². The van der Waals surface area contributed by atoms with Gasteiger partial charge in [-0.3, -0.25) is 4.79 Å². The van der Waals surface area contributed by atoms with E-state index in [1.54, 1.807) is 6.07 Å². The number of pyridine rings is 1. The van der Waals surface area contributed by atoms with Crippen LogP contribution >= 0.6 is 22.6 Å². The number of aliphatic carboxylic acids is 1. The van der Waals surface area contributed by atoms with Crippen LogP contribution in [-0.2, 0) is 11.2 Å². The lowest BCUT2D eigenvalue weighted by Crippen LogP contribution is -2.32. The molecule has 0 spiro atoms. The molecule has 1 atom stereocenters. The van der Waals surface area contributed by atoms with E-state index < -0.39 is 12.0 Å². The first-order valence-electron chi connectivity index (χ1n) is 3.83. The van der Waals surface area contributed by atoms with Crippen LogP contribution < -0.4 is 5.73 Å². The molecule has 0 fully saturated rings. The molecular weight excluding hydrogens is 299 g/mol. The largest absolute Gasteiger partial charge is 0.505 e. The molecule has 1 rings (SSSR count). The second-order valence-electron chi connectivity index (χ2n) is 2.76. The van der Waals surface area contributed by atoms with Gasteiger partial charge in [-0.05, 0) is 34.7 Å². The first-order valence-corrected chi connectivity index (χ1v) is 4.91. The molecule has 1 aromatic heterocycles. The molecule has 5 nitrogen and oxygen atoms in total. The molecule has 76 valence electrons. The van der Waals surface area contributed by atoms with Crippen LogP contribution in [0.15, 0.2) is 12.1 Å². The molecule has 0 saturated carbocycles. The molecule has 14 heavy (non-hydrogen) atoms. The molecule has 4 N–H and O–H groups in total. The van der Waals surface area contributed by atoms with Gasteiger partial charge in [-0.15, -0.1) is 0 Å². The molecule has 1 heterocycles. The molecule has 0 aliphatic rings. The summed E-state index contributed by atoms with van der Waals surface area (Å²) in [7, 11) is 0. The van der Waals surface area contributed by atoms with E-state index in [1.165, 1.54) is 6.07 Å². The maximum absolute atomic E-state index is 10.5. The average molecular weight is 308 g/mol. The average Bonchev–Trinajstić information content (AvgIpc) is 2.11. The predicted molar refractivity (Wildman–Crippen MR) is 57.9 cm³/mol. The lowest BCUT2D eigenvalue weighted by Gasteiger charge is -2.06. The zero-order chi connectivity index (χ0) is 10.7. The maximum atomic E-state index is 10.5. The van der Waals surface area contributed by atoms with Crippen molar-refractivity contribution in [2.75, 3.05) is 0 Å². The van der Waals surface area contributed by atoms with E-state index in [2.05, 4.69) is 4.98 Å². The molecule has 0 saturated heterocycles. The highest BCUT2D eigenvalue weighted by Crippen LogP contribution is 2.17. The monoisotopic (exact) mass is 308 g/mol. The van der Waals surface area contributed by atoms with Crippen molar-refractivity contribution in [2.45, 2.75) is 12.5 Å². The van der Waals surface area contributed by atoms with Crippen LogP contribution in [0.4, 0.5) is 0 Å². The number of halogens is 1. The standard InChI is InChI=1S/C8H9IN2O3/c9-7-6(12)2-1-4(11-7)3-5(10)8(13)14/h1-2,5,12H,3,10H2,(H,13,14)/t5-/m0/s1. The molecular formula is C8H9IN2O3. The summed E-state index contributed by atoms with van der Waals surface area (Å²) in [5.41, 5.74) is 5.89. The van der Waals surface area contributed by atoms with Crippen LogP contribution in [0, 0.1) is 3.70 Å². The van der Waals surface area contributed by atoms with E-state index in [9.17, 15) is 4.79 Å². The Morgan fingerprint density at radius 2 is 2.29 bits per heavy atom. The topological polar surface area (TPSA) is 96.4 Å². The Morgan fingerprint density at radius 3 is 2.79 bits per heavy atom. The third kappa shape index (κ3) is 2.81. The van der Waals surface area contributed by atoms with Gasteiger partial charge in [0.15, 0.2) is 0 Å². The number of aromatic nitrogens is 1. The van der Waals surface area contributed by atoms with Crippen molar-refractivity contribution in [3.8, 4) is 5.75 Å². The summed E-state index contributed by atoms with van der Waals surface area (Å²) < 4.78 is 0.442. The Balaban J connectivity index is 2.78. The van der Waals surface area contributed by atoms with Crippen molar-refractivity contribution in [2.24, 2.45) is 5.73 Å². The van der Waals surface area contributed by atoms with Crippen molar-refractivity contribution in [1.82, 2.24) is 4.98 Å². The molecule has 6 heteroatoms. The van der Waals surface area contributed by atoms with Gasteiger partial charge >= 0.3 is 5.97 Å². The summed E-state index contributed by atoms with van der Waals surface area (Å²) in [6.07, 6.45) is 0.158. The fourth-order valence-electron chi connectivity index (χ4n) is 0.891.